The first-order valence-corrected chi connectivity index (χ1v) is 9.13. The van der Waals surface area contributed by atoms with E-state index in [0.717, 1.165) is 35.4 Å². The number of amides is 1. The molecule has 0 saturated heterocycles. The molecule has 0 radical (unpaired) electrons. The van der Waals surface area contributed by atoms with Gasteiger partial charge >= 0.3 is 0 Å². The van der Waals surface area contributed by atoms with E-state index in [0.29, 0.717) is 6.54 Å². The van der Waals surface area contributed by atoms with Gasteiger partial charge in [0.05, 0.1) is 10.7 Å². The summed E-state index contributed by atoms with van der Waals surface area (Å²) in [6.07, 6.45) is 7.07. The summed E-state index contributed by atoms with van der Waals surface area (Å²) in [7, 11) is 0. The number of rotatable bonds is 5. The van der Waals surface area contributed by atoms with Crippen LogP contribution >= 0.6 is 11.3 Å². The number of benzene rings is 1. The lowest BCUT2D eigenvalue weighted by Crippen LogP contribution is -2.23. The SMILES string of the molecule is C/C(=C\C(=O)NCCc1nc2c(s1)CCCC2)c1ccc(F)cc1. The molecule has 3 rings (SSSR count). The summed E-state index contributed by atoms with van der Waals surface area (Å²) in [5, 5.41) is 4.01. The van der Waals surface area contributed by atoms with Crippen molar-refractivity contribution in [3.8, 4) is 0 Å². The molecule has 24 heavy (non-hydrogen) atoms. The molecule has 1 aromatic heterocycles. The Hall–Kier alpha value is -2.01. The summed E-state index contributed by atoms with van der Waals surface area (Å²) in [6.45, 7) is 2.43. The molecule has 0 aliphatic heterocycles. The summed E-state index contributed by atoms with van der Waals surface area (Å²) < 4.78 is 12.9. The van der Waals surface area contributed by atoms with E-state index >= 15 is 0 Å². The van der Waals surface area contributed by atoms with Crippen LogP contribution in [0.1, 0.15) is 40.9 Å². The Morgan fingerprint density at radius 3 is 2.79 bits per heavy atom. The third-order valence-electron chi connectivity index (χ3n) is 4.18. The van der Waals surface area contributed by atoms with Crippen LogP contribution in [0.3, 0.4) is 0 Å². The molecule has 2 aromatic rings. The molecule has 0 bridgehead atoms. The normalized spacial score (nSPS) is 14.3. The lowest BCUT2D eigenvalue weighted by molar-refractivity contribution is -0.116. The highest BCUT2D eigenvalue weighted by atomic mass is 32.1. The van der Waals surface area contributed by atoms with E-state index in [1.54, 1.807) is 29.5 Å². The molecule has 1 heterocycles. The Balaban J connectivity index is 1.51. The minimum atomic E-state index is -0.276. The number of nitrogens with one attached hydrogen (secondary N) is 1. The highest BCUT2D eigenvalue weighted by Crippen LogP contribution is 2.26. The van der Waals surface area contributed by atoms with Gasteiger partial charge in [-0.1, -0.05) is 12.1 Å². The van der Waals surface area contributed by atoms with Gasteiger partial charge in [-0.3, -0.25) is 4.79 Å². The highest BCUT2D eigenvalue weighted by molar-refractivity contribution is 7.11. The quantitative estimate of drug-likeness (QED) is 0.835. The molecule has 0 atom stereocenters. The van der Waals surface area contributed by atoms with Crippen molar-refractivity contribution in [1.82, 2.24) is 10.3 Å². The van der Waals surface area contributed by atoms with Crippen molar-refractivity contribution < 1.29 is 9.18 Å². The predicted molar refractivity (Wildman–Crippen MR) is 95.5 cm³/mol. The third-order valence-corrected chi connectivity index (χ3v) is 5.39. The second kappa shape index (κ2) is 7.71. The minimum Gasteiger partial charge on any atom is -0.352 e. The van der Waals surface area contributed by atoms with Crippen molar-refractivity contribution in [2.75, 3.05) is 6.54 Å². The van der Waals surface area contributed by atoms with Gasteiger partial charge in [-0.25, -0.2) is 9.37 Å². The fourth-order valence-corrected chi connectivity index (χ4v) is 4.01. The number of aryl methyl sites for hydroxylation is 2. The second-order valence-corrected chi connectivity index (χ2v) is 7.23. The molecule has 0 fully saturated rings. The van der Waals surface area contributed by atoms with Gasteiger partial charge in [-0.15, -0.1) is 11.3 Å². The largest absolute Gasteiger partial charge is 0.352 e. The highest BCUT2D eigenvalue weighted by Gasteiger charge is 2.14. The average Bonchev–Trinajstić information content (AvgIpc) is 2.98. The van der Waals surface area contributed by atoms with Gasteiger partial charge in [0.25, 0.3) is 0 Å². The number of thiazole rings is 1. The average molecular weight is 344 g/mol. The Morgan fingerprint density at radius 1 is 1.29 bits per heavy atom. The zero-order valence-electron chi connectivity index (χ0n) is 13.8. The lowest BCUT2D eigenvalue weighted by atomic mass is 10.0. The second-order valence-electron chi connectivity index (χ2n) is 6.06. The van der Waals surface area contributed by atoms with Crippen LogP contribution in [0.25, 0.3) is 5.57 Å². The zero-order valence-corrected chi connectivity index (χ0v) is 14.6. The number of hydrogen-bond donors (Lipinski definition) is 1. The molecule has 0 unspecified atom stereocenters. The van der Waals surface area contributed by atoms with Gasteiger partial charge in [-0.05, 0) is 55.9 Å². The maximum absolute atomic E-state index is 12.9. The number of carbonyl (C=O) groups excluding carboxylic acids is 1. The number of allylic oxidation sites excluding steroid dienone is 1. The Morgan fingerprint density at radius 2 is 2.04 bits per heavy atom. The number of fused-ring (bicyclic) bond motifs is 1. The first-order chi connectivity index (χ1) is 11.6. The van der Waals surface area contributed by atoms with E-state index < -0.39 is 0 Å². The molecular weight excluding hydrogens is 323 g/mol. The van der Waals surface area contributed by atoms with Gasteiger partial charge in [0.2, 0.25) is 5.91 Å². The molecule has 3 nitrogen and oxygen atoms in total. The number of hydrogen-bond acceptors (Lipinski definition) is 3. The number of aromatic nitrogens is 1. The van der Waals surface area contributed by atoms with Gasteiger partial charge < -0.3 is 5.32 Å². The monoisotopic (exact) mass is 344 g/mol. The molecule has 0 saturated carbocycles. The molecule has 0 spiro atoms. The smallest absolute Gasteiger partial charge is 0.244 e. The molecule has 1 N–H and O–H groups in total. The van der Waals surface area contributed by atoms with Crippen molar-refractivity contribution in [3.05, 3.63) is 57.3 Å². The van der Waals surface area contributed by atoms with Crippen LogP contribution in [0.2, 0.25) is 0 Å². The fraction of sp³-hybridized carbons (Fsp3) is 0.368. The van der Waals surface area contributed by atoms with E-state index in [9.17, 15) is 9.18 Å². The Bertz CT molecular complexity index is 726. The maximum atomic E-state index is 12.9. The zero-order chi connectivity index (χ0) is 16.9. The molecule has 126 valence electrons. The van der Waals surface area contributed by atoms with Crippen LogP contribution < -0.4 is 5.32 Å². The summed E-state index contributed by atoms with van der Waals surface area (Å²) >= 11 is 1.79. The topological polar surface area (TPSA) is 42.0 Å². The van der Waals surface area contributed by atoms with E-state index in [1.165, 1.54) is 35.5 Å². The van der Waals surface area contributed by atoms with Gasteiger partial charge in [0.1, 0.15) is 5.82 Å². The summed E-state index contributed by atoms with van der Waals surface area (Å²) in [4.78, 5) is 18.1. The van der Waals surface area contributed by atoms with Crippen LogP contribution in [0.4, 0.5) is 4.39 Å². The molecule has 5 heteroatoms. The van der Waals surface area contributed by atoms with Crippen molar-refractivity contribution in [3.63, 3.8) is 0 Å². The summed E-state index contributed by atoms with van der Waals surface area (Å²) in [5.74, 6) is -0.403. The van der Waals surface area contributed by atoms with Crippen molar-refractivity contribution in [1.29, 1.82) is 0 Å². The Kier molecular flexibility index (Phi) is 5.41. The lowest BCUT2D eigenvalue weighted by Gasteiger charge is -2.06. The number of halogens is 1. The minimum absolute atomic E-state index is 0.127. The molecule has 1 aromatic carbocycles. The molecule has 1 aliphatic carbocycles. The number of carbonyl (C=O) groups is 1. The molecular formula is C19H21FN2OS. The maximum Gasteiger partial charge on any atom is 0.244 e. The first-order valence-electron chi connectivity index (χ1n) is 8.31. The fourth-order valence-electron chi connectivity index (χ4n) is 2.85. The van der Waals surface area contributed by atoms with Gasteiger partial charge in [-0.2, -0.15) is 0 Å². The first kappa shape index (κ1) is 16.8. The van der Waals surface area contributed by atoms with Crippen LogP contribution in [0.5, 0.6) is 0 Å². The Labute approximate surface area is 145 Å². The van der Waals surface area contributed by atoms with Crippen molar-refractivity contribution in [2.24, 2.45) is 0 Å². The third kappa shape index (κ3) is 4.29. The van der Waals surface area contributed by atoms with Crippen molar-refractivity contribution in [2.45, 2.75) is 39.0 Å². The number of nitrogens with zero attached hydrogens (tertiary/aromatic N) is 1. The summed E-state index contributed by atoms with van der Waals surface area (Å²) in [6, 6.07) is 6.15. The van der Waals surface area contributed by atoms with Crippen LogP contribution in [-0.4, -0.2) is 17.4 Å². The molecule has 1 amide bonds. The van der Waals surface area contributed by atoms with Gasteiger partial charge in [0, 0.05) is 23.9 Å². The standard InChI is InChI=1S/C19H21FN2OS/c1-13(14-6-8-15(20)9-7-14)12-18(23)21-11-10-19-22-16-4-2-3-5-17(16)24-19/h6-9,12H,2-5,10-11H2,1H3,(H,21,23)/b13-12+. The van der Waals surface area contributed by atoms with Crippen LogP contribution in [0.15, 0.2) is 30.3 Å². The van der Waals surface area contributed by atoms with Crippen molar-refractivity contribution >= 4 is 22.8 Å². The van der Waals surface area contributed by atoms with Gasteiger partial charge in [0.15, 0.2) is 0 Å². The van der Waals surface area contributed by atoms with Crippen LogP contribution in [-0.2, 0) is 24.1 Å². The molecule has 1 aliphatic rings. The van der Waals surface area contributed by atoms with Crippen LogP contribution in [0, 0.1) is 5.82 Å². The predicted octanol–water partition coefficient (Wildman–Crippen LogP) is 3.92. The van der Waals surface area contributed by atoms with E-state index in [2.05, 4.69) is 10.3 Å². The summed E-state index contributed by atoms with van der Waals surface area (Å²) in [5.41, 5.74) is 2.93. The van der Waals surface area contributed by atoms with E-state index in [-0.39, 0.29) is 11.7 Å². The van der Waals surface area contributed by atoms with E-state index in [4.69, 9.17) is 0 Å². The van der Waals surface area contributed by atoms with E-state index in [1.807, 2.05) is 6.92 Å².